The largest absolute Gasteiger partial charge is 0.355 e. The van der Waals surface area contributed by atoms with Gasteiger partial charge in [-0.25, -0.2) is 0 Å². The number of likely N-dealkylation sites (N-methyl/N-ethyl adjacent to an activating group) is 1. The number of guanidine groups is 1. The molecule has 0 aromatic heterocycles. The Morgan fingerprint density at radius 3 is 2.81 bits per heavy atom. The van der Waals surface area contributed by atoms with Crippen LogP contribution in [0.1, 0.15) is 40.0 Å². The van der Waals surface area contributed by atoms with E-state index in [0.717, 1.165) is 25.6 Å². The van der Waals surface area contributed by atoms with E-state index >= 15 is 0 Å². The van der Waals surface area contributed by atoms with Crippen LogP contribution in [-0.4, -0.2) is 72.1 Å². The molecule has 5 heteroatoms. The van der Waals surface area contributed by atoms with Gasteiger partial charge in [0.1, 0.15) is 0 Å². The predicted octanol–water partition coefficient (Wildman–Crippen LogP) is 2.26. The van der Waals surface area contributed by atoms with E-state index in [1.807, 2.05) is 7.05 Å². The first-order chi connectivity index (χ1) is 10.1. The van der Waals surface area contributed by atoms with E-state index in [4.69, 9.17) is 0 Å². The molecule has 2 heterocycles. The Kier molecular flexibility index (Phi) is 6.23. The number of piperidine rings is 1. The first kappa shape index (κ1) is 16.9. The molecule has 1 atom stereocenters. The summed E-state index contributed by atoms with van der Waals surface area (Å²) in [7, 11) is 1.91. The van der Waals surface area contributed by atoms with Crippen LogP contribution in [0.25, 0.3) is 0 Å². The SMILES string of the molecule is CCN1CCCCC1CNC(=NC)N1CCSC(C)(C)C1. The first-order valence-electron chi connectivity index (χ1n) is 8.39. The van der Waals surface area contributed by atoms with Crippen molar-refractivity contribution in [3.05, 3.63) is 0 Å². The molecule has 0 radical (unpaired) electrons. The van der Waals surface area contributed by atoms with Crippen molar-refractivity contribution >= 4 is 17.7 Å². The second-order valence-corrected chi connectivity index (χ2v) is 8.54. The zero-order chi connectivity index (χ0) is 15.3. The van der Waals surface area contributed by atoms with Gasteiger partial charge in [-0.05, 0) is 39.8 Å². The number of likely N-dealkylation sites (tertiary alicyclic amines) is 1. The monoisotopic (exact) mass is 312 g/mol. The number of aliphatic imine (C=N–C) groups is 1. The molecule has 0 saturated carbocycles. The van der Waals surface area contributed by atoms with Crippen molar-refractivity contribution in [2.45, 2.75) is 50.8 Å². The first-order valence-corrected chi connectivity index (χ1v) is 9.38. The van der Waals surface area contributed by atoms with Crippen LogP contribution in [0.2, 0.25) is 0 Å². The highest BCUT2D eigenvalue weighted by molar-refractivity contribution is 8.00. The smallest absolute Gasteiger partial charge is 0.193 e. The Bertz CT molecular complexity index is 356. The molecule has 0 spiro atoms. The second kappa shape index (κ2) is 7.73. The van der Waals surface area contributed by atoms with Crippen LogP contribution in [0.15, 0.2) is 4.99 Å². The minimum atomic E-state index is 0.330. The number of hydrogen-bond donors (Lipinski definition) is 1. The van der Waals surface area contributed by atoms with Gasteiger partial charge in [0, 0.05) is 43.2 Å². The third-order valence-corrected chi connectivity index (χ3v) is 5.89. The van der Waals surface area contributed by atoms with Gasteiger partial charge in [-0.3, -0.25) is 9.89 Å². The Morgan fingerprint density at radius 1 is 1.33 bits per heavy atom. The van der Waals surface area contributed by atoms with Crippen molar-refractivity contribution < 1.29 is 0 Å². The Balaban J connectivity index is 1.87. The average molecular weight is 313 g/mol. The molecule has 1 unspecified atom stereocenters. The lowest BCUT2D eigenvalue weighted by Gasteiger charge is -2.40. The molecule has 1 N–H and O–H groups in total. The summed E-state index contributed by atoms with van der Waals surface area (Å²) in [6.45, 7) is 12.6. The Hall–Kier alpha value is -0.420. The molecule has 122 valence electrons. The zero-order valence-electron chi connectivity index (χ0n) is 14.2. The summed E-state index contributed by atoms with van der Waals surface area (Å²) in [5.74, 6) is 2.28. The van der Waals surface area contributed by atoms with Crippen molar-refractivity contribution in [2.24, 2.45) is 4.99 Å². The lowest BCUT2D eigenvalue weighted by Crippen LogP contribution is -2.54. The maximum absolute atomic E-state index is 4.52. The molecular formula is C16H32N4S. The average Bonchev–Trinajstić information content (AvgIpc) is 2.47. The third kappa shape index (κ3) is 4.78. The van der Waals surface area contributed by atoms with E-state index < -0.39 is 0 Å². The van der Waals surface area contributed by atoms with Crippen molar-refractivity contribution in [1.82, 2.24) is 15.1 Å². The number of rotatable bonds is 3. The number of hydrogen-bond acceptors (Lipinski definition) is 3. The number of nitrogens with one attached hydrogen (secondary N) is 1. The third-order valence-electron chi connectivity index (χ3n) is 4.59. The van der Waals surface area contributed by atoms with Crippen LogP contribution in [0.5, 0.6) is 0 Å². The van der Waals surface area contributed by atoms with Gasteiger partial charge in [0.2, 0.25) is 0 Å². The summed E-state index contributed by atoms with van der Waals surface area (Å²) in [6.07, 6.45) is 4.05. The van der Waals surface area contributed by atoms with Crippen molar-refractivity contribution in [1.29, 1.82) is 0 Å². The van der Waals surface area contributed by atoms with E-state index in [-0.39, 0.29) is 0 Å². The maximum atomic E-state index is 4.52. The van der Waals surface area contributed by atoms with Gasteiger partial charge in [-0.2, -0.15) is 11.8 Å². The number of thioether (sulfide) groups is 1. The molecule has 2 rings (SSSR count). The van der Waals surface area contributed by atoms with E-state index in [2.05, 4.69) is 52.6 Å². The summed E-state index contributed by atoms with van der Waals surface area (Å²) < 4.78 is 0.330. The van der Waals surface area contributed by atoms with E-state index in [9.17, 15) is 0 Å². The summed E-state index contributed by atoms with van der Waals surface area (Å²) in [5, 5.41) is 3.64. The topological polar surface area (TPSA) is 30.9 Å². The highest BCUT2D eigenvalue weighted by Gasteiger charge is 2.29. The quantitative estimate of drug-likeness (QED) is 0.640. The van der Waals surface area contributed by atoms with Gasteiger partial charge in [0.25, 0.3) is 0 Å². The van der Waals surface area contributed by atoms with E-state index in [0.29, 0.717) is 10.8 Å². The van der Waals surface area contributed by atoms with Crippen LogP contribution in [0.4, 0.5) is 0 Å². The molecule has 2 aliphatic rings. The van der Waals surface area contributed by atoms with E-state index in [1.54, 1.807) is 0 Å². The predicted molar refractivity (Wildman–Crippen MR) is 94.4 cm³/mol. The van der Waals surface area contributed by atoms with Crippen LogP contribution in [-0.2, 0) is 0 Å². The summed E-state index contributed by atoms with van der Waals surface area (Å²) in [6, 6.07) is 0.674. The van der Waals surface area contributed by atoms with Gasteiger partial charge in [0.15, 0.2) is 5.96 Å². The summed E-state index contributed by atoms with van der Waals surface area (Å²) in [4.78, 5) is 9.55. The summed E-state index contributed by atoms with van der Waals surface area (Å²) >= 11 is 2.07. The number of nitrogens with zero attached hydrogens (tertiary/aromatic N) is 3. The molecule has 4 nitrogen and oxygen atoms in total. The minimum Gasteiger partial charge on any atom is -0.355 e. The van der Waals surface area contributed by atoms with Gasteiger partial charge >= 0.3 is 0 Å². The molecule has 2 aliphatic heterocycles. The molecule has 2 saturated heterocycles. The lowest BCUT2D eigenvalue weighted by molar-refractivity contribution is 0.156. The molecular weight excluding hydrogens is 280 g/mol. The van der Waals surface area contributed by atoms with Gasteiger partial charge < -0.3 is 10.2 Å². The minimum absolute atomic E-state index is 0.330. The second-order valence-electron chi connectivity index (χ2n) is 6.74. The molecule has 2 fully saturated rings. The fourth-order valence-corrected chi connectivity index (χ4v) is 4.56. The highest BCUT2D eigenvalue weighted by atomic mass is 32.2. The Morgan fingerprint density at radius 2 is 2.14 bits per heavy atom. The maximum Gasteiger partial charge on any atom is 0.193 e. The highest BCUT2D eigenvalue weighted by Crippen LogP contribution is 2.29. The molecule has 0 bridgehead atoms. The van der Waals surface area contributed by atoms with Crippen molar-refractivity contribution in [3.8, 4) is 0 Å². The van der Waals surface area contributed by atoms with Crippen LogP contribution in [0.3, 0.4) is 0 Å². The fraction of sp³-hybridized carbons (Fsp3) is 0.938. The van der Waals surface area contributed by atoms with Crippen molar-refractivity contribution in [2.75, 3.05) is 45.5 Å². The summed E-state index contributed by atoms with van der Waals surface area (Å²) in [5.41, 5.74) is 0. The standard InChI is InChI=1S/C16H32N4S/c1-5-19-9-7-6-8-14(19)12-18-15(17-4)20-10-11-21-16(2,3)13-20/h14H,5-13H2,1-4H3,(H,17,18). The van der Waals surface area contributed by atoms with Crippen LogP contribution >= 0.6 is 11.8 Å². The van der Waals surface area contributed by atoms with Crippen LogP contribution in [0, 0.1) is 0 Å². The zero-order valence-corrected chi connectivity index (χ0v) is 15.0. The molecule has 21 heavy (non-hydrogen) atoms. The van der Waals surface area contributed by atoms with Crippen molar-refractivity contribution in [3.63, 3.8) is 0 Å². The molecule has 0 aromatic carbocycles. The van der Waals surface area contributed by atoms with Gasteiger partial charge in [0.05, 0.1) is 0 Å². The van der Waals surface area contributed by atoms with Crippen LogP contribution < -0.4 is 5.32 Å². The fourth-order valence-electron chi connectivity index (χ4n) is 3.45. The van der Waals surface area contributed by atoms with Gasteiger partial charge in [-0.15, -0.1) is 0 Å². The van der Waals surface area contributed by atoms with Gasteiger partial charge in [-0.1, -0.05) is 13.3 Å². The molecule has 0 amide bonds. The molecule has 0 aliphatic carbocycles. The lowest BCUT2D eigenvalue weighted by atomic mass is 10.0. The Labute approximate surface area is 134 Å². The normalized spacial score (nSPS) is 27.7. The molecule has 0 aromatic rings. The van der Waals surface area contributed by atoms with E-state index in [1.165, 1.54) is 38.1 Å².